The van der Waals surface area contributed by atoms with Crippen molar-refractivity contribution in [3.63, 3.8) is 0 Å². The average molecular weight is 346 g/mol. The third-order valence-corrected chi connectivity index (χ3v) is 3.28. The molecule has 2 rings (SSSR count). The summed E-state index contributed by atoms with van der Waals surface area (Å²) in [6, 6.07) is 7.58. The van der Waals surface area contributed by atoms with E-state index in [0.717, 1.165) is 11.4 Å². The van der Waals surface area contributed by atoms with Crippen molar-refractivity contribution in [2.75, 3.05) is 24.3 Å². The molecule has 7 heteroatoms. The Labute approximate surface area is 147 Å². The van der Waals surface area contributed by atoms with Crippen LogP contribution in [0, 0.1) is 5.82 Å². The number of benzene rings is 1. The molecule has 0 aliphatic heterocycles. The van der Waals surface area contributed by atoms with Crippen molar-refractivity contribution in [1.29, 1.82) is 0 Å². The highest BCUT2D eigenvalue weighted by Crippen LogP contribution is 2.21. The number of nitrogens with zero attached hydrogens (tertiary/aromatic N) is 2. The van der Waals surface area contributed by atoms with Crippen LogP contribution in [0.25, 0.3) is 0 Å². The van der Waals surface area contributed by atoms with Crippen LogP contribution in [0.3, 0.4) is 0 Å². The second-order valence-corrected chi connectivity index (χ2v) is 6.04. The zero-order chi connectivity index (χ0) is 18.4. The van der Waals surface area contributed by atoms with E-state index in [-0.39, 0.29) is 11.8 Å². The van der Waals surface area contributed by atoms with Crippen molar-refractivity contribution in [3.8, 4) is 5.75 Å². The standard InChI is InChI=1S/C18H23FN4O2/c1-12(2)25-14-6-7-16(15(19)9-14)22-18(24)21-11-13-5-8-17(20-10-13)23(3)4/h5-10,12H,11H2,1-4H3,(H2,21,22,24). The third kappa shape index (κ3) is 5.63. The molecule has 2 N–H and O–H groups in total. The maximum absolute atomic E-state index is 14.0. The van der Waals surface area contributed by atoms with Crippen LogP contribution >= 0.6 is 0 Å². The molecule has 0 saturated heterocycles. The van der Waals surface area contributed by atoms with Gasteiger partial charge in [0.2, 0.25) is 0 Å². The normalized spacial score (nSPS) is 10.5. The van der Waals surface area contributed by atoms with Gasteiger partial charge in [0.05, 0.1) is 11.8 Å². The van der Waals surface area contributed by atoms with E-state index in [1.807, 2.05) is 45.0 Å². The molecule has 25 heavy (non-hydrogen) atoms. The molecular formula is C18H23FN4O2. The predicted molar refractivity (Wildman–Crippen MR) is 96.6 cm³/mol. The first-order valence-electron chi connectivity index (χ1n) is 7.98. The van der Waals surface area contributed by atoms with Crippen molar-refractivity contribution in [1.82, 2.24) is 10.3 Å². The summed E-state index contributed by atoms with van der Waals surface area (Å²) in [5.41, 5.74) is 0.941. The van der Waals surface area contributed by atoms with E-state index in [2.05, 4.69) is 15.6 Å². The van der Waals surface area contributed by atoms with E-state index in [1.54, 1.807) is 12.3 Å². The Morgan fingerprint density at radius 3 is 2.60 bits per heavy atom. The molecule has 0 atom stereocenters. The van der Waals surface area contributed by atoms with Crippen LogP contribution in [0.2, 0.25) is 0 Å². The summed E-state index contributed by atoms with van der Waals surface area (Å²) in [4.78, 5) is 18.1. The van der Waals surface area contributed by atoms with Gasteiger partial charge in [0, 0.05) is 32.9 Å². The molecule has 6 nitrogen and oxygen atoms in total. The summed E-state index contributed by atoms with van der Waals surface area (Å²) in [7, 11) is 3.81. The molecule has 0 fully saturated rings. The molecule has 0 aliphatic rings. The number of rotatable bonds is 6. The maximum Gasteiger partial charge on any atom is 0.319 e. The van der Waals surface area contributed by atoms with Crippen molar-refractivity contribution < 1.29 is 13.9 Å². The molecule has 0 bridgehead atoms. The maximum atomic E-state index is 14.0. The number of ether oxygens (including phenoxy) is 1. The Kier molecular flexibility index (Phi) is 6.16. The quantitative estimate of drug-likeness (QED) is 0.841. The van der Waals surface area contributed by atoms with E-state index in [9.17, 15) is 9.18 Å². The van der Waals surface area contributed by atoms with Gasteiger partial charge in [-0.1, -0.05) is 6.07 Å². The number of hydrogen-bond acceptors (Lipinski definition) is 4. The average Bonchev–Trinajstić information content (AvgIpc) is 2.55. The highest BCUT2D eigenvalue weighted by Gasteiger charge is 2.09. The van der Waals surface area contributed by atoms with Gasteiger partial charge in [-0.05, 0) is 37.6 Å². The topological polar surface area (TPSA) is 66.5 Å². The highest BCUT2D eigenvalue weighted by molar-refractivity contribution is 5.89. The Hall–Kier alpha value is -2.83. The summed E-state index contributed by atoms with van der Waals surface area (Å²) in [5.74, 6) is 0.704. The second-order valence-electron chi connectivity index (χ2n) is 6.04. The lowest BCUT2D eigenvalue weighted by Crippen LogP contribution is -2.28. The van der Waals surface area contributed by atoms with Gasteiger partial charge in [-0.25, -0.2) is 14.2 Å². The molecule has 1 aromatic carbocycles. The number of pyridine rings is 1. The Morgan fingerprint density at radius 2 is 2.04 bits per heavy atom. The van der Waals surface area contributed by atoms with Gasteiger partial charge in [0.25, 0.3) is 0 Å². The lowest BCUT2D eigenvalue weighted by molar-refractivity contribution is 0.241. The number of anilines is 2. The number of amides is 2. The summed E-state index contributed by atoms with van der Waals surface area (Å²) in [6.07, 6.45) is 1.64. The fourth-order valence-corrected chi connectivity index (χ4v) is 2.08. The van der Waals surface area contributed by atoms with Gasteiger partial charge in [-0.2, -0.15) is 0 Å². The molecule has 2 aromatic rings. The van der Waals surface area contributed by atoms with Gasteiger partial charge in [-0.3, -0.25) is 0 Å². The molecule has 0 saturated carbocycles. The van der Waals surface area contributed by atoms with Crippen LogP contribution in [-0.4, -0.2) is 31.2 Å². The summed E-state index contributed by atoms with van der Waals surface area (Å²) in [5, 5.41) is 5.15. The van der Waals surface area contributed by atoms with Crippen molar-refractivity contribution in [2.45, 2.75) is 26.5 Å². The number of carbonyl (C=O) groups is 1. The Morgan fingerprint density at radius 1 is 1.28 bits per heavy atom. The molecule has 1 heterocycles. The van der Waals surface area contributed by atoms with Gasteiger partial charge >= 0.3 is 6.03 Å². The fourth-order valence-electron chi connectivity index (χ4n) is 2.08. The second kappa shape index (κ2) is 8.32. The molecule has 0 unspecified atom stereocenters. The largest absolute Gasteiger partial charge is 0.491 e. The van der Waals surface area contributed by atoms with Gasteiger partial charge in [-0.15, -0.1) is 0 Å². The lowest BCUT2D eigenvalue weighted by atomic mass is 10.2. The number of urea groups is 1. The number of hydrogen-bond donors (Lipinski definition) is 2. The summed E-state index contributed by atoms with van der Waals surface area (Å²) >= 11 is 0. The van der Waals surface area contributed by atoms with Crippen LogP contribution in [-0.2, 0) is 6.54 Å². The number of carbonyl (C=O) groups excluding carboxylic acids is 1. The van der Waals surface area contributed by atoms with Crippen LogP contribution in [0.4, 0.5) is 20.7 Å². The first-order chi connectivity index (χ1) is 11.8. The third-order valence-electron chi connectivity index (χ3n) is 3.28. The van der Waals surface area contributed by atoms with Crippen molar-refractivity contribution >= 4 is 17.5 Å². The van der Waals surface area contributed by atoms with E-state index in [1.165, 1.54) is 12.1 Å². The summed E-state index contributed by atoms with van der Waals surface area (Å²) in [6.45, 7) is 4.01. The van der Waals surface area contributed by atoms with E-state index in [4.69, 9.17) is 4.74 Å². The van der Waals surface area contributed by atoms with Crippen LogP contribution in [0.5, 0.6) is 5.75 Å². The van der Waals surface area contributed by atoms with E-state index in [0.29, 0.717) is 12.3 Å². The first-order valence-corrected chi connectivity index (χ1v) is 7.98. The minimum atomic E-state index is -0.551. The minimum Gasteiger partial charge on any atom is -0.491 e. The van der Waals surface area contributed by atoms with Crippen LogP contribution in [0.15, 0.2) is 36.5 Å². The van der Waals surface area contributed by atoms with Gasteiger partial charge in [0.1, 0.15) is 17.4 Å². The summed E-state index contributed by atoms with van der Waals surface area (Å²) < 4.78 is 19.4. The monoisotopic (exact) mass is 346 g/mol. The van der Waals surface area contributed by atoms with Gasteiger partial charge < -0.3 is 20.3 Å². The fraction of sp³-hybridized carbons (Fsp3) is 0.333. The molecular weight excluding hydrogens is 323 g/mol. The van der Waals surface area contributed by atoms with Crippen molar-refractivity contribution in [3.05, 3.63) is 47.9 Å². The highest BCUT2D eigenvalue weighted by atomic mass is 19.1. The van der Waals surface area contributed by atoms with Crippen LogP contribution < -0.4 is 20.3 Å². The molecule has 1 aromatic heterocycles. The van der Waals surface area contributed by atoms with Crippen LogP contribution in [0.1, 0.15) is 19.4 Å². The Bertz CT molecular complexity index is 718. The molecule has 0 aliphatic carbocycles. The SMILES string of the molecule is CC(C)Oc1ccc(NC(=O)NCc2ccc(N(C)C)nc2)c(F)c1. The predicted octanol–water partition coefficient (Wildman–Crippen LogP) is 3.40. The van der Waals surface area contributed by atoms with Crippen molar-refractivity contribution in [2.24, 2.45) is 0 Å². The minimum absolute atomic E-state index is 0.0472. The lowest BCUT2D eigenvalue weighted by Gasteiger charge is -2.13. The number of nitrogens with one attached hydrogen (secondary N) is 2. The molecule has 2 amide bonds. The van der Waals surface area contributed by atoms with E-state index >= 15 is 0 Å². The molecule has 0 radical (unpaired) electrons. The number of aromatic nitrogens is 1. The first kappa shape index (κ1) is 18.5. The molecule has 0 spiro atoms. The molecule has 134 valence electrons. The van der Waals surface area contributed by atoms with E-state index < -0.39 is 11.8 Å². The Balaban J connectivity index is 1.89. The van der Waals surface area contributed by atoms with Gasteiger partial charge in [0.15, 0.2) is 0 Å². The smallest absolute Gasteiger partial charge is 0.319 e. The number of halogens is 1. The zero-order valence-corrected chi connectivity index (χ0v) is 14.8. The zero-order valence-electron chi connectivity index (χ0n) is 14.8.